The van der Waals surface area contributed by atoms with E-state index in [-0.39, 0.29) is 11.9 Å². The molecule has 5 heteroatoms. The SMILES string of the molecule is Cc1ccc([C@@H](c2ccccn2)N(CC2CCN(CCOc3ccc(F)cc3)CC2)C(C)C)cc1. The third kappa shape index (κ3) is 7.12. The zero-order valence-corrected chi connectivity index (χ0v) is 21.2. The van der Waals surface area contributed by atoms with Crippen LogP contribution in [0.25, 0.3) is 0 Å². The van der Waals surface area contributed by atoms with Crippen molar-refractivity contribution in [2.24, 2.45) is 5.92 Å². The highest BCUT2D eigenvalue weighted by Crippen LogP contribution is 2.32. The first-order chi connectivity index (χ1) is 17.0. The van der Waals surface area contributed by atoms with Gasteiger partial charge < -0.3 is 4.74 Å². The number of pyridine rings is 1. The molecule has 0 aliphatic carbocycles. The average molecular weight is 476 g/mol. The Balaban J connectivity index is 1.36. The van der Waals surface area contributed by atoms with Crippen LogP contribution in [-0.2, 0) is 0 Å². The summed E-state index contributed by atoms with van der Waals surface area (Å²) in [6, 6.07) is 22.0. The van der Waals surface area contributed by atoms with Crippen molar-refractivity contribution in [3.8, 4) is 5.75 Å². The Kier molecular flexibility index (Phi) is 8.89. The van der Waals surface area contributed by atoms with Gasteiger partial charge in [-0.15, -0.1) is 0 Å². The van der Waals surface area contributed by atoms with E-state index in [9.17, 15) is 4.39 Å². The zero-order chi connectivity index (χ0) is 24.6. The predicted octanol–water partition coefficient (Wildman–Crippen LogP) is 6.12. The van der Waals surface area contributed by atoms with Gasteiger partial charge in [0.15, 0.2) is 0 Å². The van der Waals surface area contributed by atoms with E-state index in [1.807, 2.05) is 12.3 Å². The summed E-state index contributed by atoms with van der Waals surface area (Å²) in [7, 11) is 0. The van der Waals surface area contributed by atoms with Crippen molar-refractivity contribution in [3.63, 3.8) is 0 Å². The van der Waals surface area contributed by atoms with Gasteiger partial charge in [-0.1, -0.05) is 35.9 Å². The van der Waals surface area contributed by atoms with Gasteiger partial charge in [0.1, 0.15) is 18.2 Å². The molecule has 1 aliphatic heterocycles. The third-order valence-corrected chi connectivity index (χ3v) is 7.02. The van der Waals surface area contributed by atoms with Gasteiger partial charge in [-0.25, -0.2) is 4.39 Å². The van der Waals surface area contributed by atoms with Gasteiger partial charge in [-0.3, -0.25) is 14.8 Å². The van der Waals surface area contributed by atoms with Crippen LogP contribution in [0.15, 0.2) is 72.9 Å². The molecule has 0 unspecified atom stereocenters. The number of likely N-dealkylation sites (tertiary alicyclic amines) is 1. The summed E-state index contributed by atoms with van der Waals surface area (Å²) in [5.74, 6) is 1.15. The highest BCUT2D eigenvalue weighted by molar-refractivity contribution is 5.30. The molecular formula is C30H38FN3O. The molecule has 2 heterocycles. The first kappa shape index (κ1) is 25.3. The van der Waals surface area contributed by atoms with Crippen LogP contribution in [0, 0.1) is 18.7 Å². The molecule has 1 atom stereocenters. The van der Waals surface area contributed by atoms with Gasteiger partial charge in [0, 0.05) is 25.3 Å². The summed E-state index contributed by atoms with van der Waals surface area (Å²) >= 11 is 0. The number of hydrogen-bond donors (Lipinski definition) is 0. The van der Waals surface area contributed by atoms with Gasteiger partial charge in [0.05, 0.1) is 11.7 Å². The highest BCUT2D eigenvalue weighted by atomic mass is 19.1. The van der Waals surface area contributed by atoms with E-state index in [4.69, 9.17) is 9.72 Å². The maximum absolute atomic E-state index is 13.1. The van der Waals surface area contributed by atoms with Crippen LogP contribution in [0.5, 0.6) is 5.75 Å². The molecule has 1 aliphatic rings. The van der Waals surface area contributed by atoms with Crippen molar-refractivity contribution < 1.29 is 9.13 Å². The van der Waals surface area contributed by atoms with E-state index in [0.29, 0.717) is 18.6 Å². The highest BCUT2D eigenvalue weighted by Gasteiger charge is 2.29. The standard InChI is InChI=1S/C30H38FN3O/c1-23(2)34(30(29-6-4-5-17-32-29)26-9-7-24(3)8-10-26)22-25-15-18-33(19-16-25)20-21-35-28-13-11-27(31)12-14-28/h4-14,17,23,25,30H,15-16,18-22H2,1-3H3/t30-/m0/s1. The lowest BCUT2D eigenvalue weighted by atomic mass is 9.92. The fourth-order valence-electron chi connectivity index (χ4n) is 4.95. The Hall–Kier alpha value is -2.76. The second kappa shape index (κ2) is 12.3. The molecule has 186 valence electrons. The first-order valence-corrected chi connectivity index (χ1v) is 12.8. The lowest BCUT2D eigenvalue weighted by Crippen LogP contribution is -2.43. The van der Waals surface area contributed by atoms with E-state index >= 15 is 0 Å². The second-order valence-corrected chi connectivity index (χ2v) is 9.95. The summed E-state index contributed by atoms with van der Waals surface area (Å²) in [4.78, 5) is 9.88. The first-order valence-electron chi connectivity index (χ1n) is 12.8. The molecule has 0 N–H and O–H groups in total. The number of hydrogen-bond acceptors (Lipinski definition) is 4. The number of rotatable bonds is 10. The number of aryl methyl sites for hydroxylation is 1. The molecule has 1 saturated heterocycles. The lowest BCUT2D eigenvalue weighted by molar-refractivity contribution is 0.0983. The summed E-state index contributed by atoms with van der Waals surface area (Å²) in [5, 5.41) is 0. The Morgan fingerprint density at radius 1 is 1.00 bits per heavy atom. The van der Waals surface area contributed by atoms with E-state index in [1.54, 1.807) is 12.1 Å². The fraction of sp³-hybridized carbons (Fsp3) is 0.433. The summed E-state index contributed by atoms with van der Waals surface area (Å²) < 4.78 is 18.9. The molecule has 1 aromatic heterocycles. The van der Waals surface area contributed by atoms with Crippen LogP contribution in [0.1, 0.15) is 49.6 Å². The molecule has 4 nitrogen and oxygen atoms in total. The second-order valence-electron chi connectivity index (χ2n) is 9.95. The van der Waals surface area contributed by atoms with Crippen LogP contribution in [0.3, 0.4) is 0 Å². The Morgan fingerprint density at radius 2 is 1.71 bits per heavy atom. The van der Waals surface area contributed by atoms with Crippen molar-refractivity contribution in [1.29, 1.82) is 0 Å². The summed E-state index contributed by atoms with van der Waals surface area (Å²) in [6.07, 6.45) is 4.27. The summed E-state index contributed by atoms with van der Waals surface area (Å²) in [5.41, 5.74) is 3.69. The zero-order valence-electron chi connectivity index (χ0n) is 21.2. The molecule has 4 rings (SSSR count). The van der Waals surface area contributed by atoms with Crippen molar-refractivity contribution in [3.05, 3.63) is 95.6 Å². The average Bonchev–Trinajstić information content (AvgIpc) is 2.87. The molecule has 0 bridgehead atoms. The van der Waals surface area contributed by atoms with Gasteiger partial charge >= 0.3 is 0 Å². The predicted molar refractivity (Wildman–Crippen MR) is 140 cm³/mol. The van der Waals surface area contributed by atoms with E-state index < -0.39 is 0 Å². The Morgan fingerprint density at radius 3 is 2.34 bits per heavy atom. The number of aromatic nitrogens is 1. The molecule has 2 aromatic carbocycles. The number of ether oxygens (including phenoxy) is 1. The quantitative estimate of drug-likeness (QED) is 0.353. The van der Waals surface area contributed by atoms with Gasteiger partial charge in [-0.05, 0) is 94.6 Å². The largest absolute Gasteiger partial charge is 0.492 e. The van der Waals surface area contributed by atoms with Gasteiger partial charge in [0.2, 0.25) is 0 Å². The van der Waals surface area contributed by atoms with E-state index in [0.717, 1.165) is 37.6 Å². The molecule has 0 spiro atoms. The van der Waals surface area contributed by atoms with Crippen LogP contribution >= 0.6 is 0 Å². The number of halogens is 1. The van der Waals surface area contributed by atoms with Crippen LogP contribution in [-0.4, -0.2) is 53.6 Å². The topological polar surface area (TPSA) is 28.6 Å². The summed E-state index contributed by atoms with van der Waals surface area (Å²) in [6.45, 7) is 11.5. The smallest absolute Gasteiger partial charge is 0.123 e. The van der Waals surface area contributed by atoms with Crippen LogP contribution < -0.4 is 4.74 Å². The van der Waals surface area contributed by atoms with Crippen molar-refractivity contribution in [1.82, 2.24) is 14.8 Å². The Labute approximate surface area is 209 Å². The van der Waals surface area contributed by atoms with Crippen LogP contribution in [0.4, 0.5) is 4.39 Å². The molecule has 3 aromatic rings. The molecule has 0 radical (unpaired) electrons. The van der Waals surface area contributed by atoms with Gasteiger partial charge in [-0.2, -0.15) is 0 Å². The maximum atomic E-state index is 13.1. The monoisotopic (exact) mass is 475 g/mol. The minimum Gasteiger partial charge on any atom is -0.492 e. The lowest BCUT2D eigenvalue weighted by Gasteiger charge is -2.40. The molecule has 35 heavy (non-hydrogen) atoms. The third-order valence-electron chi connectivity index (χ3n) is 7.02. The van der Waals surface area contributed by atoms with Gasteiger partial charge in [0.25, 0.3) is 0 Å². The van der Waals surface area contributed by atoms with Crippen molar-refractivity contribution in [2.45, 2.75) is 45.7 Å². The van der Waals surface area contributed by atoms with Crippen molar-refractivity contribution in [2.75, 3.05) is 32.8 Å². The molecule has 0 saturated carbocycles. The molecule has 0 amide bonds. The fourth-order valence-corrected chi connectivity index (χ4v) is 4.95. The maximum Gasteiger partial charge on any atom is 0.123 e. The van der Waals surface area contributed by atoms with Crippen molar-refractivity contribution >= 4 is 0 Å². The number of benzene rings is 2. The minimum absolute atomic E-state index is 0.152. The molecular weight excluding hydrogens is 437 g/mol. The van der Waals surface area contributed by atoms with E-state index in [1.165, 1.54) is 36.1 Å². The number of nitrogens with zero attached hydrogens (tertiary/aromatic N) is 3. The van der Waals surface area contributed by atoms with Crippen LogP contribution in [0.2, 0.25) is 0 Å². The normalized spacial score (nSPS) is 16.1. The molecule has 1 fully saturated rings. The minimum atomic E-state index is -0.234. The van der Waals surface area contributed by atoms with E-state index in [2.05, 4.69) is 67.0 Å². The number of piperidine rings is 1. The Bertz CT molecular complexity index is 1020.